The summed E-state index contributed by atoms with van der Waals surface area (Å²) < 4.78 is 11.5. The summed E-state index contributed by atoms with van der Waals surface area (Å²) in [5, 5.41) is 3.14. The van der Waals surface area contributed by atoms with Gasteiger partial charge in [-0.3, -0.25) is 4.79 Å². The third-order valence-electron chi connectivity index (χ3n) is 5.48. The van der Waals surface area contributed by atoms with E-state index in [4.69, 9.17) is 9.47 Å². The van der Waals surface area contributed by atoms with Gasteiger partial charge >= 0.3 is 0 Å². The van der Waals surface area contributed by atoms with Crippen LogP contribution in [0.15, 0.2) is 60.8 Å². The average Bonchev–Trinajstić information content (AvgIpc) is 2.83. The molecule has 0 aliphatic carbocycles. The number of unbranched alkanes of at least 4 members (excludes halogenated alkanes) is 5. The van der Waals surface area contributed by atoms with Crippen LogP contribution in [-0.4, -0.2) is 19.0 Å². The van der Waals surface area contributed by atoms with E-state index in [-0.39, 0.29) is 5.78 Å². The van der Waals surface area contributed by atoms with Crippen molar-refractivity contribution < 1.29 is 14.3 Å². The van der Waals surface area contributed by atoms with Crippen molar-refractivity contribution >= 4 is 11.5 Å². The Morgan fingerprint density at radius 3 is 2.19 bits per heavy atom. The standard InChI is InChI=1S/C28H39NO3/c1-4-6-7-8-9-10-21-31-26-17-13-25(14-18-26)29-20-19-28(30)24-11-15-27(16-12-24)32-22-23(3)5-2/h11-20,23,29H,4-10,21-22H2,1-3H3/b20-19+/t23-/m1/s1. The molecular weight excluding hydrogens is 398 g/mol. The first kappa shape index (κ1) is 25.5. The summed E-state index contributed by atoms with van der Waals surface area (Å²) in [6.07, 6.45) is 11.8. The molecule has 4 heteroatoms. The minimum absolute atomic E-state index is 0.0510. The smallest absolute Gasteiger partial charge is 0.187 e. The fraction of sp³-hybridized carbons (Fsp3) is 0.464. The molecule has 0 unspecified atom stereocenters. The average molecular weight is 438 g/mol. The molecule has 2 rings (SSSR count). The Morgan fingerprint density at radius 2 is 1.50 bits per heavy atom. The minimum atomic E-state index is -0.0510. The molecule has 0 amide bonds. The van der Waals surface area contributed by atoms with E-state index >= 15 is 0 Å². The third-order valence-corrected chi connectivity index (χ3v) is 5.48. The number of allylic oxidation sites excluding steroid dienone is 1. The number of rotatable bonds is 16. The fourth-order valence-corrected chi connectivity index (χ4v) is 3.10. The third kappa shape index (κ3) is 10.0. The maximum absolute atomic E-state index is 12.4. The van der Waals surface area contributed by atoms with Crippen LogP contribution in [0.2, 0.25) is 0 Å². The highest BCUT2D eigenvalue weighted by atomic mass is 16.5. The zero-order valence-electron chi connectivity index (χ0n) is 19.9. The zero-order chi connectivity index (χ0) is 23.0. The summed E-state index contributed by atoms with van der Waals surface area (Å²) in [5.74, 6) is 2.14. The van der Waals surface area contributed by atoms with E-state index in [1.54, 1.807) is 18.3 Å². The highest BCUT2D eigenvalue weighted by Gasteiger charge is 2.04. The largest absolute Gasteiger partial charge is 0.494 e. The number of carbonyl (C=O) groups excluding carboxylic acids is 1. The number of hydrogen-bond acceptors (Lipinski definition) is 4. The fourth-order valence-electron chi connectivity index (χ4n) is 3.10. The van der Waals surface area contributed by atoms with Crippen LogP contribution in [0, 0.1) is 5.92 Å². The van der Waals surface area contributed by atoms with Crippen LogP contribution >= 0.6 is 0 Å². The molecule has 0 saturated carbocycles. The van der Waals surface area contributed by atoms with E-state index in [9.17, 15) is 4.79 Å². The molecule has 0 heterocycles. The molecule has 0 aliphatic heterocycles. The zero-order valence-corrected chi connectivity index (χ0v) is 19.9. The highest BCUT2D eigenvalue weighted by molar-refractivity contribution is 6.04. The number of carbonyl (C=O) groups is 1. The van der Waals surface area contributed by atoms with Crippen LogP contribution in [0.25, 0.3) is 0 Å². The number of benzene rings is 2. The van der Waals surface area contributed by atoms with Gasteiger partial charge in [-0.2, -0.15) is 0 Å². The second kappa shape index (κ2) is 15.1. The molecule has 0 saturated heterocycles. The summed E-state index contributed by atoms with van der Waals surface area (Å²) in [7, 11) is 0. The lowest BCUT2D eigenvalue weighted by Gasteiger charge is -2.10. The van der Waals surface area contributed by atoms with Crippen molar-refractivity contribution in [1.29, 1.82) is 0 Å². The Balaban J connectivity index is 1.70. The van der Waals surface area contributed by atoms with Gasteiger partial charge in [0.05, 0.1) is 13.2 Å². The number of nitrogens with one attached hydrogen (secondary N) is 1. The second-order valence-electron chi connectivity index (χ2n) is 8.33. The Hall–Kier alpha value is -2.75. The predicted octanol–water partition coefficient (Wildman–Crippen LogP) is 7.66. The first-order chi connectivity index (χ1) is 15.6. The van der Waals surface area contributed by atoms with E-state index < -0.39 is 0 Å². The molecule has 1 atom stereocenters. The summed E-state index contributed by atoms with van der Waals surface area (Å²) >= 11 is 0. The Labute approximate surface area is 194 Å². The van der Waals surface area contributed by atoms with E-state index in [0.717, 1.165) is 36.6 Å². The van der Waals surface area contributed by atoms with E-state index in [1.165, 1.54) is 38.2 Å². The number of ether oxygens (including phenoxy) is 2. The minimum Gasteiger partial charge on any atom is -0.494 e. The molecule has 0 bridgehead atoms. The molecule has 1 N–H and O–H groups in total. The molecule has 2 aromatic carbocycles. The lowest BCUT2D eigenvalue weighted by atomic mass is 10.1. The molecule has 2 aromatic rings. The first-order valence-corrected chi connectivity index (χ1v) is 12.1. The number of hydrogen-bond donors (Lipinski definition) is 1. The van der Waals surface area contributed by atoms with Gasteiger partial charge in [0.1, 0.15) is 11.5 Å². The van der Waals surface area contributed by atoms with E-state index in [0.29, 0.717) is 18.1 Å². The Morgan fingerprint density at radius 1 is 0.875 bits per heavy atom. The van der Waals surface area contributed by atoms with Gasteiger partial charge in [0.25, 0.3) is 0 Å². The van der Waals surface area contributed by atoms with Crippen molar-refractivity contribution in [2.45, 2.75) is 65.7 Å². The van der Waals surface area contributed by atoms with Crippen molar-refractivity contribution in [3.05, 3.63) is 66.4 Å². The quantitative estimate of drug-likeness (QED) is 0.166. The van der Waals surface area contributed by atoms with Gasteiger partial charge in [-0.05, 0) is 60.9 Å². The molecule has 174 valence electrons. The van der Waals surface area contributed by atoms with Crippen LogP contribution in [0.5, 0.6) is 11.5 Å². The van der Waals surface area contributed by atoms with E-state index in [2.05, 4.69) is 26.1 Å². The van der Waals surface area contributed by atoms with Gasteiger partial charge in [0.2, 0.25) is 0 Å². The van der Waals surface area contributed by atoms with Crippen molar-refractivity contribution in [2.75, 3.05) is 18.5 Å². The first-order valence-electron chi connectivity index (χ1n) is 12.1. The van der Waals surface area contributed by atoms with Gasteiger partial charge in [0, 0.05) is 23.5 Å². The van der Waals surface area contributed by atoms with Crippen LogP contribution in [0.4, 0.5) is 5.69 Å². The van der Waals surface area contributed by atoms with Crippen molar-refractivity contribution in [1.82, 2.24) is 0 Å². The number of ketones is 1. The van der Waals surface area contributed by atoms with Gasteiger partial charge in [0.15, 0.2) is 5.78 Å². The summed E-state index contributed by atoms with van der Waals surface area (Å²) in [6, 6.07) is 15.1. The van der Waals surface area contributed by atoms with Crippen LogP contribution in [0.1, 0.15) is 76.1 Å². The van der Waals surface area contributed by atoms with Gasteiger partial charge in [-0.15, -0.1) is 0 Å². The Kier molecular flexibility index (Phi) is 12.1. The molecule has 0 spiro atoms. The monoisotopic (exact) mass is 437 g/mol. The van der Waals surface area contributed by atoms with E-state index in [1.807, 2.05) is 36.4 Å². The summed E-state index contributed by atoms with van der Waals surface area (Å²) in [5.41, 5.74) is 1.55. The Bertz CT molecular complexity index is 796. The lowest BCUT2D eigenvalue weighted by molar-refractivity contribution is 0.104. The molecule has 0 aromatic heterocycles. The predicted molar refractivity (Wildman–Crippen MR) is 134 cm³/mol. The van der Waals surface area contributed by atoms with Gasteiger partial charge in [-0.25, -0.2) is 0 Å². The molecular formula is C28H39NO3. The SMILES string of the molecule is CCCCCCCCOc1ccc(N/C=C/C(=O)c2ccc(OC[C@H](C)CC)cc2)cc1. The molecule has 4 nitrogen and oxygen atoms in total. The molecule has 0 aliphatic rings. The van der Waals surface area contributed by atoms with Crippen molar-refractivity contribution in [3.8, 4) is 11.5 Å². The van der Waals surface area contributed by atoms with Crippen molar-refractivity contribution in [2.24, 2.45) is 5.92 Å². The molecule has 0 fully saturated rings. The lowest BCUT2D eigenvalue weighted by Crippen LogP contribution is -2.07. The highest BCUT2D eigenvalue weighted by Crippen LogP contribution is 2.17. The van der Waals surface area contributed by atoms with Gasteiger partial charge < -0.3 is 14.8 Å². The van der Waals surface area contributed by atoms with Crippen LogP contribution in [-0.2, 0) is 0 Å². The van der Waals surface area contributed by atoms with Gasteiger partial charge in [-0.1, -0.05) is 59.3 Å². The second-order valence-corrected chi connectivity index (χ2v) is 8.33. The maximum atomic E-state index is 12.4. The summed E-state index contributed by atoms with van der Waals surface area (Å²) in [6.45, 7) is 7.99. The van der Waals surface area contributed by atoms with Crippen LogP contribution < -0.4 is 14.8 Å². The molecule has 0 radical (unpaired) electrons. The maximum Gasteiger partial charge on any atom is 0.187 e. The number of anilines is 1. The van der Waals surface area contributed by atoms with Crippen molar-refractivity contribution in [3.63, 3.8) is 0 Å². The topological polar surface area (TPSA) is 47.6 Å². The van der Waals surface area contributed by atoms with Crippen LogP contribution in [0.3, 0.4) is 0 Å². The summed E-state index contributed by atoms with van der Waals surface area (Å²) in [4.78, 5) is 12.4. The normalized spacial score (nSPS) is 12.0. The molecule has 32 heavy (non-hydrogen) atoms.